The lowest BCUT2D eigenvalue weighted by Gasteiger charge is -2.38. The molecule has 0 bridgehead atoms. The van der Waals surface area contributed by atoms with Crippen molar-refractivity contribution in [2.45, 2.75) is 51.0 Å². The third kappa shape index (κ3) is 1.97. The molecule has 1 unspecified atom stereocenters. The van der Waals surface area contributed by atoms with Crippen LogP contribution in [0.4, 0.5) is 0 Å². The van der Waals surface area contributed by atoms with Crippen LogP contribution in [0.25, 0.3) is 0 Å². The molecule has 3 nitrogen and oxygen atoms in total. The predicted octanol–water partition coefficient (Wildman–Crippen LogP) is 2.36. The van der Waals surface area contributed by atoms with Crippen LogP contribution < -0.4 is 0 Å². The number of hydrogen-bond acceptors (Lipinski definition) is 2. The van der Waals surface area contributed by atoms with Crippen LogP contribution in [0.5, 0.6) is 0 Å². The Bertz CT molecular complexity index is 265. The molecule has 2 rings (SSSR count). The van der Waals surface area contributed by atoms with Gasteiger partial charge in [-0.1, -0.05) is 19.3 Å². The standard InChI is InChI=1S/C13H23NO2/c1-14(2)11(10-6-4-3-5-7-10)13(8-9-13)12(15)16/h10-11H,3-9H2,1-2H3,(H,15,16). The van der Waals surface area contributed by atoms with E-state index in [0.29, 0.717) is 5.92 Å². The van der Waals surface area contributed by atoms with Crippen LogP contribution in [-0.2, 0) is 4.79 Å². The Morgan fingerprint density at radius 3 is 2.19 bits per heavy atom. The van der Waals surface area contributed by atoms with E-state index in [1.54, 1.807) is 0 Å². The highest BCUT2D eigenvalue weighted by molar-refractivity contribution is 5.79. The lowest BCUT2D eigenvalue weighted by atomic mass is 9.76. The van der Waals surface area contributed by atoms with Crippen molar-refractivity contribution < 1.29 is 9.90 Å². The van der Waals surface area contributed by atoms with E-state index < -0.39 is 11.4 Å². The maximum atomic E-state index is 11.4. The molecule has 0 aromatic heterocycles. The van der Waals surface area contributed by atoms with Crippen molar-refractivity contribution in [3.63, 3.8) is 0 Å². The molecule has 16 heavy (non-hydrogen) atoms. The van der Waals surface area contributed by atoms with Crippen LogP contribution in [0.15, 0.2) is 0 Å². The molecule has 0 aromatic rings. The van der Waals surface area contributed by atoms with Crippen LogP contribution >= 0.6 is 0 Å². The first-order chi connectivity index (χ1) is 7.58. The zero-order chi connectivity index (χ0) is 11.8. The van der Waals surface area contributed by atoms with E-state index in [4.69, 9.17) is 0 Å². The first-order valence-corrected chi connectivity index (χ1v) is 6.48. The lowest BCUT2D eigenvalue weighted by Crippen LogP contribution is -2.46. The number of nitrogens with zero attached hydrogens (tertiary/aromatic N) is 1. The molecular formula is C13H23NO2. The van der Waals surface area contributed by atoms with Gasteiger partial charge in [0.25, 0.3) is 0 Å². The second kappa shape index (κ2) is 4.36. The van der Waals surface area contributed by atoms with Gasteiger partial charge in [-0.2, -0.15) is 0 Å². The summed E-state index contributed by atoms with van der Waals surface area (Å²) in [4.78, 5) is 13.6. The normalized spacial score (nSPS) is 26.7. The molecule has 1 atom stereocenters. The van der Waals surface area contributed by atoms with E-state index in [9.17, 15) is 9.90 Å². The highest BCUT2D eigenvalue weighted by Gasteiger charge is 2.58. The van der Waals surface area contributed by atoms with Crippen LogP contribution in [0.2, 0.25) is 0 Å². The number of rotatable bonds is 4. The van der Waals surface area contributed by atoms with E-state index in [1.165, 1.54) is 32.1 Å². The van der Waals surface area contributed by atoms with E-state index in [1.807, 2.05) is 14.1 Å². The van der Waals surface area contributed by atoms with E-state index in [0.717, 1.165) is 12.8 Å². The first kappa shape index (κ1) is 11.9. The minimum absolute atomic E-state index is 0.255. The van der Waals surface area contributed by atoms with Crippen LogP contribution in [0, 0.1) is 11.3 Å². The van der Waals surface area contributed by atoms with Crippen molar-refractivity contribution in [3.8, 4) is 0 Å². The zero-order valence-corrected chi connectivity index (χ0v) is 10.4. The fraction of sp³-hybridized carbons (Fsp3) is 0.923. The number of hydrogen-bond donors (Lipinski definition) is 1. The molecule has 2 saturated carbocycles. The Kier molecular flexibility index (Phi) is 3.24. The van der Waals surface area contributed by atoms with Gasteiger partial charge >= 0.3 is 5.97 Å². The molecule has 2 aliphatic rings. The third-order valence-corrected chi connectivity index (χ3v) is 4.43. The molecule has 2 fully saturated rings. The molecular weight excluding hydrogens is 202 g/mol. The van der Waals surface area contributed by atoms with Crippen molar-refractivity contribution in [1.82, 2.24) is 4.90 Å². The second-order valence-corrected chi connectivity index (χ2v) is 5.77. The minimum Gasteiger partial charge on any atom is -0.481 e. The van der Waals surface area contributed by atoms with Gasteiger partial charge in [0.05, 0.1) is 5.41 Å². The van der Waals surface area contributed by atoms with Gasteiger partial charge in [-0.3, -0.25) is 4.79 Å². The minimum atomic E-state index is -0.572. The molecule has 0 amide bonds. The van der Waals surface area contributed by atoms with Crippen LogP contribution in [-0.4, -0.2) is 36.1 Å². The summed E-state index contributed by atoms with van der Waals surface area (Å²) in [6.45, 7) is 0. The molecule has 0 aromatic carbocycles. The smallest absolute Gasteiger partial charge is 0.311 e. The monoisotopic (exact) mass is 225 g/mol. The number of aliphatic carboxylic acids is 1. The van der Waals surface area contributed by atoms with Gasteiger partial charge in [-0.25, -0.2) is 0 Å². The van der Waals surface area contributed by atoms with Gasteiger partial charge < -0.3 is 10.0 Å². The maximum absolute atomic E-state index is 11.4. The van der Waals surface area contributed by atoms with Crippen molar-refractivity contribution in [2.24, 2.45) is 11.3 Å². The van der Waals surface area contributed by atoms with Crippen molar-refractivity contribution in [2.75, 3.05) is 14.1 Å². The molecule has 3 heteroatoms. The first-order valence-electron chi connectivity index (χ1n) is 6.48. The largest absolute Gasteiger partial charge is 0.481 e. The summed E-state index contributed by atoms with van der Waals surface area (Å²) in [6, 6.07) is 0.255. The van der Waals surface area contributed by atoms with E-state index >= 15 is 0 Å². The summed E-state index contributed by atoms with van der Waals surface area (Å²) in [7, 11) is 4.09. The van der Waals surface area contributed by atoms with Gasteiger partial charge in [-0.05, 0) is 45.7 Å². The summed E-state index contributed by atoms with van der Waals surface area (Å²) in [5.74, 6) is 0.0270. The molecule has 0 saturated heterocycles. The maximum Gasteiger partial charge on any atom is 0.311 e. The Morgan fingerprint density at radius 2 is 1.81 bits per heavy atom. The molecule has 2 aliphatic carbocycles. The Hall–Kier alpha value is -0.570. The van der Waals surface area contributed by atoms with E-state index in [2.05, 4.69) is 4.90 Å². The summed E-state index contributed by atoms with van der Waals surface area (Å²) in [6.07, 6.45) is 8.09. The van der Waals surface area contributed by atoms with Gasteiger partial charge in [0.2, 0.25) is 0 Å². The molecule has 0 aliphatic heterocycles. The van der Waals surface area contributed by atoms with Gasteiger partial charge in [0.15, 0.2) is 0 Å². The lowest BCUT2D eigenvalue weighted by molar-refractivity contribution is -0.147. The number of carboxylic acid groups (broad SMARTS) is 1. The van der Waals surface area contributed by atoms with Crippen LogP contribution in [0.1, 0.15) is 44.9 Å². The number of carboxylic acids is 1. The Labute approximate surface area is 97.8 Å². The highest BCUT2D eigenvalue weighted by atomic mass is 16.4. The number of carbonyl (C=O) groups is 1. The summed E-state index contributed by atoms with van der Waals surface area (Å²) < 4.78 is 0. The predicted molar refractivity (Wildman–Crippen MR) is 63.4 cm³/mol. The Morgan fingerprint density at radius 1 is 1.25 bits per heavy atom. The molecule has 0 heterocycles. The van der Waals surface area contributed by atoms with Crippen molar-refractivity contribution in [1.29, 1.82) is 0 Å². The second-order valence-electron chi connectivity index (χ2n) is 5.77. The van der Waals surface area contributed by atoms with Crippen LogP contribution in [0.3, 0.4) is 0 Å². The average Bonchev–Trinajstić information content (AvgIpc) is 3.00. The fourth-order valence-corrected chi connectivity index (χ4v) is 3.59. The van der Waals surface area contributed by atoms with Gasteiger partial charge in [0, 0.05) is 6.04 Å². The molecule has 0 radical (unpaired) electrons. The molecule has 92 valence electrons. The topological polar surface area (TPSA) is 40.5 Å². The van der Waals surface area contributed by atoms with Crippen molar-refractivity contribution in [3.05, 3.63) is 0 Å². The van der Waals surface area contributed by atoms with Gasteiger partial charge in [-0.15, -0.1) is 0 Å². The SMILES string of the molecule is CN(C)C(C1CCCCC1)C1(C(=O)O)CC1. The van der Waals surface area contributed by atoms with Gasteiger partial charge in [0.1, 0.15) is 0 Å². The summed E-state index contributed by atoms with van der Waals surface area (Å²) >= 11 is 0. The zero-order valence-electron chi connectivity index (χ0n) is 10.4. The third-order valence-electron chi connectivity index (χ3n) is 4.43. The van der Waals surface area contributed by atoms with Crippen molar-refractivity contribution >= 4 is 5.97 Å². The molecule has 0 spiro atoms. The molecule has 1 N–H and O–H groups in total. The van der Waals surface area contributed by atoms with E-state index in [-0.39, 0.29) is 6.04 Å². The Balaban J connectivity index is 2.13. The highest BCUT2D eigenvalue weighted by Crippen LogP contribution is 2.54. The summed E-state index contributed by atoms with van der Waals surface area (Å²) in [5.41, 5.74) is -0.411. The fourth-order valence-electron chi connectivity index (χ4n) is 3.59. The summed E-state index contributed by atoms with van der Waals surface area (Å²) in [5, 5.41) is 9.43. The quantitative estimate of drug-likeness (QED) is 0.798. The average molecular weight is 225 g/mol.